The Morgan fingerprint density at radius 3 is 2.29 bits per heavy atom. The van der Waals surface area contributed by atoms with Crippen LogP contribution in [0, 0.1) is 10.1 Å². The minimum absolute atomic E-state index is 0.0695. The van der Waals surface area contributed by atoms with E-state index in [2.05, 4.69) is 5.32 Å². The second-order valence-corrected chi connectivity index (χ2v) is 5.03. The Morgan fingerprint density at radius 2 is 1.81 bits per heavy atom. The van der Waals surface area contributed by atoms with Gasteiger partial charge in [-0.2, -0.15) is 0 Å². The van der Waals surface area contributed by atoms with Crippen molar-refractivity contribution in [3.63, 3.8) is 0 Å². The molecule has 1 N–H and O–H groups in total. The van der Waals surface area contributed by atoms with Gasteiger partial charge in [-0.05, 0) is 20.8 Å². The first kappa shape index (κ1) is 17.0. The monoisotopic (exact) mass is 298 g/mol. The van der Waals surface area contributed by atoms with Crippen LogP contribution >= 0.6 is 0 Å². The number of nitro groups is 1. The summed E-state index contributed by atoms with van der Waals surface area (Å²) >= 11 is 0. The number of anilines is 1. The molecule has 0 fully saturated rings. The third-order valence-corrected chi connectivity index (χ3v) is 2.94. The first-order chi connectivity index (χ1) is 9.84. The third kappa shape index (κ3) is 4.49. The molecule has 1 aromatic carbocycles. The normalized spacial score (nSPS) is 11.1. The molecule has 7 nitrogen and oxygen atoms in total. The summed E-state index contributed by atoms with van der Waals surface area (Å²) < 4.78 is 15.8. The van der Waals surface area contributed by atoms with E-state index in [0.717, 1.165) is 0 Å². The molecule has 0 saturated carbocycles. The maximum Gasteiger partial charge on any atom is 0.296 e. The Morgan fingerprint density at radius 1 is 1.24 bits per heavy atom. The molecule has 0 saturated heterocycles. The smallest absolute Gasteiger partial charge is 0.296 e. The number of nitro benzene ring substituents is 1. The van der Waals surface area contributed by atoms with Crippen molar-refractivity contribution in [3.8, 4) is 11.5 Å². The van der Waals surface area contributed by atoms with Crippen LogP contribution in [0.5, 0.6) is 11.5 Å². The van der Waals surface area contributed by atoms with Crippen molar-refractivity contribution in [2.75, 3.05) is 32.7 Å². The number of methoxy groups -OCH3 is 2. The second-order valence-electron chi connectivity index (χ2n) is 5.03. The van der Waals surface area contributed by atoms with Gasteiger partial charge in [0.1, 0.15) is 5.69 Å². The predicted octanol–water partition coefficient (Wildman–Crippen LogP) is 2.84. The lowest BCUT2D eigenvalue weighted by Crippen LogP contribution is -2.33. The van der Waals surface area contributed by atoms with Gasteiger partial charge in [0.2, 0.25) is 0 Å². The zero-order valence-electron chi connectivity index (χ0n) is 13.1. The fourth-order valence-electron chi connectivity index (χ4n) is 1.91. The Kier molecular flexibility index (Phi) is 5.78. The van der Waals surface area contributed by atoms with Gasteiger partial charge in [0.05, 0.1) is 30.8 Å². The van der Waals surface area contributed by atoms with Crippen LogP contribution in [0.25, 0.3) is 0 Å². The van der Waals surface area contributed by atoms with Crippen molar-refractivity contribution < 1.29 is 19.1 Å². The van der Waals surface area contributed by atoms with Crippen LogP contribution in [0.1, 0.15) is 20.8 Å². The van der Waals surface area contributed by atoms with Crippen LogP contribution in [0.4, 0.5) is 11.4 Å². The van der Waals surface area contributed by atoms with E-state index in [1.807, 2.05) is 20.8 Å². The number of rotatable bonds is 8. The molecule has 1 aromatic rings. The fraction of sp³-hybridized carbons (Fsp3) is 0.571. The van der Waals surface area contributed by atoms with E-state index in [4.69, 9.17) is 14.2 Å². The summed E-state index contributed by atoms with van der Waals surface area (Å²) in [5, 5.41) is 14.2. The molecule has 0 aliphatic carbocycles. The molecular weight excluding hydrogens is 276 g/mol. The summed E-state index contributed by atoms with van der Waals surface area (Å²) in [6, 6.07) is 2.90. The van der Waals surface area contributed by atoms with E-state index < -0.39 is 10.5 Å². The highest BCUT2D eigenvalue weighted by Gasteiger charge is 2.23. The average Bonchev–Trinajstić information content (AvgIpc) is 2.43. The number of nitrogens with zero attached hydrogens (tertiary/aromatic N) is 1. The second kappa shape index (κ2) is 7.12. The molecule has 0 bridgehead atoms. The highest BCUT2D eigenvalue weighted by molar-refractivity contribution is 5.68. The van der Waals surface area contributed by atoms with Crippen LogP contribution in [-0.4, -0.2) is 37.9 Å². The number of benzene rings is 1. The first-order valence-corrected chi connectivity index (χ1v) is 6.63. The van der Waals surface area contributed by atoms with Crippen molar-refractivity contribution in [3.05, 3.63) is 22.2 Å². The van der Waals surface area contributed by atoms with Gasteiger partial charge in [-0.15, -0.1) is 0 Å². The number of hydrogen-bond donors (Lipinski definition) is 1. The number of nitrogens with one attached hydrogen (secondary N) is 1. The maximum atomic E-state index is 11.2. The number of hydrogen-bond acceptors (Lipinski definition) is 6. The van der Waals surface area contributed by atoms with Crippen molar-refractivity contribution in [1.82, 2.24) is 0 Å². The Labute approximate surface area is 124 Å². The largest absolute Gasteiger partial charge is 0.493 e. The molecular formula is C14H22N2O5. The van der Waals surface area contributed by atoms with Crippen molar-refractivity contribution in [2.24, 2.45) is 0 Å². The van der Waals surface area contributed by atoms with Gasteiger partial charge in [0.25, 0.3) is 5.69 Å². The number of ether oxygens (including phenoxy) is 3. The average molecular weight is 298 g/mol. The molecule has 0 unspecified atom stereocenters. The molecule has 1 rings (SSSR count). The minimum atomic E-state index is -0.460. The topological polar surface area (TPSA) is 82.9 Å². The lowest BCUT2D eigenvalue weighted by atomic mass is 10.1. The molecule has 0 spiro atoms. The van der Waals surface area contributed by atoms with Gasteiger partial charge in [-0.25, -0.2) is 0 Å². The lowest BCUT2D eigenvalue weighted by molar-refractivity contribution is -0.384. The minimum Gasteiger partial charge on any atom is -0.493 e. The maximum absolute atomic E-state index is 11.2. The van der Waals surface area contributed by atoms with Crippen LogP contribution < -0.4 is 14.8 Å². The zero-order chi connectivity index (χ0) is 16.0. The van der Waals surface area contributed by atoms with E-state index in [-0.39, 0.29) is 5.69 Å². The van der Waals surface area contributed by atoms with Crippen molar-refractivity contribution in [2.45, 2.75) is 26.4 Å². The summed E-state index contributed by atoms with van der Waals surface area (Å²) in [6.07, 6.45) is 0. The molecule has 0 aliphatic rings. The Hall–Kier alpha value is -2.02. The zero-order valence-corrected chi connectivity index (χ0v) is 13.1. The van der Waals surface area contributed by atoms with Crippen LogP contribution in [0.15, 0.2) is 12.1 Å². The predicted molar refractivity (Wildman–Crippen MR) is 80.4 cm³/mol. The van der Waals surface area contributed by atoms with Crippen LogP contribution in [-0.2, 0) is 4.74 Å². The third-order valence-electron chi connectivity index (χ3n) is 2.94. The Balaban J connectivity index is 3.07. The van der Waals surface area contributed by atoms with E-state index in [9.17, 15) is 10.1 Å². The van der Waals surface area contributed by atoms with Gasteiger partial charge in [-0.1, -0.05) is 0 Å². The molecule has 7 heteroatoms. The van der Waals surface area contributed by atoms with Crippen molar-refractivity contribution in [1.29, 1.82) is 0 Å². The first-order valence-electron chi connectivity index (χ1n) is 6.63. The molecule has 0 amide bonds. The van der Waals surface area contributed by atoms with E-state index in [1.54, 1.807) is 6.07 Å². The van der Waals surface area contributed by atoms with Gasteiger partial charge in [0.15, 0.2) is 11.5 Å². The molecule has 118 valence electrons. The van der Waals surface area contributed by atoms with Crippen molar-refractivity contribution >= 4 is 11.4 Å². The van der Waals surface area contributed by atoms with Crippen LogP contribution in [0.2, 0.25) is 0 Å². The summed E-state index contributed by atoms with van der Waals surface area (Å²) in [4.78, 5) is 10.7. The van der Waals surface area contributed by atoms with E-state index in [0.29, 0.717) is 30.3 Å². The molecule has 21 heavy (non-hydrogen) atoms. The van der Waals surface area contributed by atoms with Gasteiger partial charge in [-0.3, -0.25) is 10.1 Å². The van der Waals surface area contributed by atoms with Crippen LogP contribution in [0.3, 0.4) is 0 Å². The highest BCUT2D eigenvalue weighted by atomic mass is 16.6. The molecule has 0 atom stereocenters. The van der Waals surface area contributed by atoms with Gasteiger partial charge in [0, 0.05) is 19.2 Å². The summed E-state index contributed by atoms with van der Waals surface area (Å²) in [5.41, 5.74) is -0.138. The molecule has 0 heterocycles. The fourth-order valence-corrected chi connectivity index (χ4v) is 1.91. The molecule has 0 aliphatic heterocycles. The summed E-state index contributed by atoms with van der Waals surface area (Å²) in [7, 11) is 2.92. The quantitative estimate of drug-likeness (QED) is 0.587. The molecule has 0 aromatic heterocycles. The lowest BCUT2D eigenvalue weighted by Gasteiger charge is -2.25. The van der Waals surface area contributed by atoms with E-state index >= 15 is 0 Å². The standard InChI is InChI=1S/C14H22N2O5/c1-6-21-14(2,3)9-15-10-7-12(19-4)13(20-5)8-11(10)16(17)18/h7-8,15H,6,9H2,1-5H3. The highest BCUT2D eigenvalue weighted by Crippen LogP contribution is 2.37. The van der Waals surface area contributed by atoms with Gasteiger partial charge >= 0.3 is 0 Å². The Bertz CT molecular complexity index is 502. The summed E-state index contributed by atoms with van der Waals surface area (Å²) in [6.45, 7) is 6.73. The van der Waals surface area contributed by atoms with E-state index in [1.165, 1.54) is 20.3 Å². The molecule has 0 radical (unpaired) electrons. The summed E-state index contributed by atoms with van der Waals surface area (Å²) in [5.74, 6) is 0.749. The SMILES string of the molecule is CCOC(C)(C)CNc1cc(OC)c(OC)cc1[N+](=O)[O-]. The van der Waals surface area contributed by atoms with Gasteiger partial charge < -0.3 is 19.5 Å².